The van der Waals surface area contributed by atoms with Crippen molar-refractivity contribution in [1.82, 2.24) is 0 Å². The van der Waals surface area contributed by atoms with Gasteiger partial charge in [0.05, 0.1) is 7.11 Å². The Bertz CT molecular complexity index is 811. The fraction of sp³-hybridized carbons (Fsp3) is 0.0952. The quantitative estimate of drug-likeness (QED) is 0.728. The Hall–Kier alpha value is -2.91. The fourth-order valence-corrected chi connectivity index (χ4v) is 2.74. The van der Waals surface area contributed by atoms with Crippen LogP contribution < -0.4 is 4.74 Å². The molecule has 0 aliphatic carbocycles. The molecule has 0 saturated heterocycles. The summed E-state index contributed by atoms with van der Waals surface area (Å²) in [6.45, 7) is 0. The first-order valence-electron chi connectivity index (χ1n) is 7.68. The smallest absolute Gasteiger partial charge is 0.203 e. The lowest BCUT2D eigenvalue weighted by Gasteiger charge is -2.28. The molecule has 3 nitrogen and oxygen atoms in total. The molecule has 3 aromatic carbocycles. The number of benzene rings is 3. The van der Waals surface area contributed by atoms with Crippen molar-refractivity contribution in [3.8, 4) is 5.75 Å². The van der Waals surface area contributed by atoms with Crippen LogP contribution in [-0.4, -0.2) is 18.0 Å². The molecule has 0 heterocycles. The number of aliphatic hydroxyl groups is 1. The van der Waals surface area contributed by atoms with Crippen molar-refractivity contribution < 1.29 is 14.6 Å². The molecule has 0 aliphatic heterocycles. The van der Waals surface area contributed by atoms with Gasteiger partial charge in [0.1, 0.15) is 5.75 Å². The summed E-state index contributed by atoms with van der Waals surface area (Å²) in [5.41, 5.74) is -0.262. The molecule has 1 atom stereocenters. The van der Waals surface area contributed by atoms with Gasteiger partial charge in [-0.05, 0) is 23.3 Å². The topological polar surface area (TPSA) is 46.5 Å². The zero-order chi connectivity index (χ0) is 17.0. The third-order valence-corrected chi connectivity index (χ3v) is 4.06. The molecule has 3 aromatic rings. The largest absolute Gasteiger partial charge is 0.497 e. The summed E-state index contributed by atoms with van der Waals surface area (Å²) in [4.78, 5) is 13.1. The first-order chi connectivity index (χ1) is 11.7. The summed E-state index contributed by atoms with van der Waals surface area (Å²) in [6.07, 6.45) is 0. The van der Waals surface area contributed by atoms with E-state index in [9.17, 15) is 9.90 Å². The normalized spacial score (nSPS) is 13.1. The number of carbonyl (C=O) groups excluding carboxylic acids is 1. The van der Waals surface area contributed by atoms with E-state index < -0.39 is 5.60 Å². The number of methoxy groups -OCH3 is 1. The predicted octanol–water partition coefficient (Wildman–Crippen LogP) is 3.81. The Morgan fingerprint density at radius 1 is 0.792 bits per heavy atom. The van der Waals surface area contributed by atoms with Crippen molar-refractivity contribution in [1.29, 1.82) is 0 Å². The Morgan fingerprint density at radius 3 is 1.83 bits per heavy atom. The number of ether oxygens (including phenoxy) is 1. The highest BCUT2D eigenvalue weighted by atomic mass is 16.5. The zero-order valence-electron chi connectivity index (χ0n) is 13.3. The van der Waals surface area contributed by atoms with Crippen molar-refractivity contribution in [3.63, 3.8) is 0 Å². The van der Waals surface area contributed by atoms with Crippen LogP contribution >= 0.6 is 0 Å². The summed E-state index contributed by atoms with van der Waals surface area (Å²) in [5, 5.41) is 11.4. The lowest BCUT2D eigenvalue weighted by atomic mass is 9.80. The van der Waals surface area contributed by atoms with Crippen molar-refractivity contribution in [2.45, 2.75) is 5.60 Å². The van der Waals surface area contributed by atoms with Gasteiger partial charge in [-0.1, -0.05) is 72.8 Å². The number of ketones is 1. The minimum atomic E-state index is -1.76. The number of hydrogen-bond donors (Lipinski definition) is 1. The van der Waals surface area contributed by atoms with Gasteiger partial charge >= 0.3 is 0 Å². The van der Waals surface area contributed by atoms with E-state index in [0.717, 1.165) is 0 Å². The molecule has 0 aromatic heterocycles. The Labute approximate surface area is 141 Å². The van der Waals surface area contributed by atoms with Gasteiger partial charge in [0, 0.05) is 5.56 Å². The van der Waals surface area contributed by atoms with E-state index in [1.807, 2.05) is 24.3 Å². The lowest BCUT2D eigenvalue weighted by Crippen LogP contribution is -2.37. The average molecular weight is 318 g/mol. The second kappa shape index (κ2) is 6.69. The summed E-state index contributed by atoms with van der Waals surface area (Å²) in [7, 11) is 1.58. The molecule has 0 aliphatic rings. The van der Waals surface area contributed by atoms with E-state index in [-0.39, 0.29) is 5.78 Å². The molecule has 3 rings (SSSR count). The highest BCUT2D eigenvalue weighted by Gasteiger charge is 2.40. The molecule has 1 N–H and O–H groups in total. The van der Waals surface area contributed by atoms with Gasteiger partial charge in [-0.25, -0.2) is 0 Å². The highest BCUT2D eigenvalue weighted by molar-refractivity contribution is 6.05. The summed E-state index contributed by atoms with van der Waals surface area (Å²) < 4.78 is 5.17. The zero-order valence-corrected chi connectivity index (χ0v) is 13.3. The fourth-order valence-electron chi connectivity index (χ4n) is 2.74. The molecule has 0 fully saturated rings. The lowest BCUT2D eigenvalue weighted by molar-refractivity contribution is 0.0487. The minimum absolute atomic E-state index is 0.362. The maximum Gasteiger partial charge on any atom is 0.203 e. The molecule has 3 heteroatoms. The second-order valence-electron chi connectivity index (χ2n) is 5.50. The van der Waals surface area contributed by atoms with Gasteiger partial charge in [0.15, 0.2) is 5.60 Å². The van der Waals surface area contributed by atoms with Gasteiger partial charge < -0.3 is 9.84 Å². The Morgan fingerprint density at radius 2 is 1.29 bits per heavy atom. The number of rotatable bonds is 5. The van der Waals surface area contributed by atoms with E-state index in [2.05, 4.69) is 0 Å². The Balaban J connectivity index is 2.15. The van der Waals surface area contributed by atoms with Crippen LogP contribution in [0.25, 0.3) is 0 Å². The SMILES string of the molecule is COc1ccc([C@](O)(C(=O)c2ccccc2)c2ccccc2)cc1. The van der Waals surface area contributed by atoms with E-state index in [1.165, 1.54) is 0 Å². The molecule has 0 unspecified atom stereocenters. The van der Waals surface area contributed by atoms with Crippen molar-refractivity contribution in [2.24, 2.45) is 0 Å². The van der Waals surface area contributed by atoms with Gasteiger partial charge in [-0.15, -0.1) is 0 Å². The van der Waals surface area contributed by atoms with Crippen LogP contribution in [0.3, 0.4) is 0 Å². The maximum absolute atomic E-state index is 13.1. The molecule has 120 valence electrons. The number of Topliss-reactive ketones (excluding diaryl/α,β-unsaturated/α-hetero) is 1. The van der Waals surface area contributed by atoms with E-state index in [1.54, 1.807) is 67.8 Å². The number of carbonyl (C=O) groups is 1. The van der Waals surface area contributed by atoms with Gasteiger partial charge in [0.25, 0.3) is 0 Å². The second-order valence-corrected chi connectivity index (χ2v) is 5.50. The van der Waals surface area contributed by atoms with Crippen molar-refractivity contribution in [3.05, 3.63) is 102 Å². The molecule has 0 spiro atoms. The van der Waals surface area contributed by atoms with Crippen LogP contribution in [0.15, 0.2) is 84.9 Å². The summed E-state index contributed by atoms with van der Waals surface area (Å²) in [5.74, 6) is 0.306. The molecule has 0 radical (unpaired) electrons. The predicted molar refractivity (Wildman–Crippen MR) is 93.2 cm³/mol. The van der Waals surface area contributed by atoms with Gasteiger partial charge in [-0.3, -0.25) is 4.79 Å². The summed E-state index contributed by atoms with van der Waals surface area (Å²) in [6, 6.07) is 24.7. The van der Waals surface area contributed by atoms with Crippen LogP contribution in [0.1, 0.15) is 21.5 Å². The van der Waals surface area contributed by atoms with Crippen LogP contribution in [0.2, 0.25) is 0 Å². The molecule has 0 saturated carbocycles. The summed E-state index contributed by atoms with van der Waals surface area (Å²) >= 11 is 0. The van der Waals surface area contributed by atoms with Crippen molar-refractivity contribution >= 4 is 5.78 Å². The first-order valence-corrected chi connectivity index (χ1v) is 7.68. The highest BCUT2D eigenvalue weighted by Crippen LogP contribution is 2.34. The van der Waals surface area contributed by atoms with Gasteiger partial charge in [-0.2, -0.15) is 0 Å². The van der Waals surface area contributed by atoms with Crippen LogP contribution in [0, 0.1) is 0 Å². The third-order valence-electron chi connectivity index (χ3n) is 4.06. The molecule has 0 bridgehead atoms. The Kier molecular flexibility index (Phi) is 4.45. The number of hydrogen-bond acceptors (Lipinski definition) is 3. The minimum Gasteiger partial charge on any atom is -0.497 e. The first kappa shape index (κ1) is 16.0. The standard InChI is InChI=1S/C21H18O3/c1-24-19-14-12-18(13-15-19)21(23,17-10-6-3-7-11-17)20(22)16-8-4-2-5-9-16/h2-15,23H,1H3/t21-/m0/s1. The van der Waals surface area contributed by atoms with E-state index in [4.69, 9.17) is 4.74 Å². The van der Waals surface area contributed by atoms with Crippen LogP contribution in [0.5, 0.6) is 5.75 Å². The van der Waals surface area contributed by atoms with Crippen molar-refractivity contribution in [2.75, 3.05) is 7.11 Å². The third kappa shape index (κ3) is 2.82. The maximum atomic E-state index is 13.1. The molecule has 0 amide bonds. The average Bonchev–Trinajstić information content (AvgIpc) is 2.68. The molecule has 24 heavy (non-hydrogen) atoms. The molecular weight excluding hydrogens is 300 g/mol. The monoisotopic (exact) mass is 318 g/mol. The van der Waals surface area contributed by atoms with Gasteiger partial charge in [0.2, 0.25) is 5.78 Å². The molecular formula is C21H18O3. The van der Waals surface area contributed by atoms with Crippen LogP contribution in [0.4, 0.5) is 0 Å². The van der Waals surface area contributed by atoms with Crippen LogP contribution in [-0.2, 0) is 5.60 Å². The van der Waals surface area contributed by atoms with E-state index in [0.29, 0.717) is 22.4 Å². The van der Waals surface area contributed by atoms with E-state index >= 15 is 0 Å².